The van der Waals surface area contributed by atoms with Crippen LogP contribution >= 0.6 is 11.8 Å². The van der Waals surface area contributed by atoms with Gasteiger partial charge in [0, 0.05) is 23.9 Å². The van der Waals surface area contributed by atoms with E-state index in [0.717, 1.165) is 25.2 Å². The van der Waals surface area contributed by atoms with Gasteiger partial charge in [-0.2, -0.15) is 5.10 Å². The maximum Gasteiger partial charge on any atom is 0.138 e. The van der Waals surface area contributed by atoms with Crippen molar-refractivity contribution in [2.75, 3.05) is 13.3 Å². The highest BCUT2D eigenvalue weighted by Gasteiger charge is 2.16. The predicted octanol–water partition coefficient (Wildman–Crippen LogP) is 2.91. The zero-order chi connectivity index (χ0) is 14.4. The van der Waals surface area contributed by atoms with Gasteiger partial charge >= 0.3 is 0 Å². The number of rotatable bonds is 7. The topological polar surface area (TPSA) is 42.7 Å². The quantitative estimate of drug-likeness (QED) is 0.796. The summed E-state index contributed by atoms with van der Waals surface area (Å²) in [6.07, 6.45) is 5.69. The molecule has 2 aromatic rings. The van der Waals surface area contributed by atoms with Gasteiger partial charge in [-0.05, 0) is 31.4 Å². The van der Waals surface area contributed by atoms with Gasteiger partial charge < -0.3 is 5.32 Å². The summed E-state index contributed by atoms with van der Waals surface area (Å²) in [6.45, 7) is 3.08. The van der Waals surface area contributed by atoms with E-state index in [1.807, 2.05) is 11.7 Å². The largest absolute Gasteiger partial charge is 0.313 e. The fourth-order valence-electron chi connectivity index (χ4n) is 2.35. The van der Waals surface area contributed by atoms with Crippen molar-refractivity contribution in [3.8, 4) is 0 Å². The third kappa shape index (κ3) is 3.41. The van der Waals surface area contributed by atoms with E-state index in [9.17, 15) is 0 Å². The smallest absolute Gasteiger partial charge is 0.138 e. The summed E-state index contributed by atoms with van der Waals surface area (Å²) in [7, 11) is 2.00. The number of hydrogen-bond acceptors (Lipinski definition) is 4. The molecule has 1 heterocycles. The van der Waals surface area contributed by atoms with Crippen molar-refractivity contribution in [3.63, 3.8) is 0 Å². The standard InChI is InChI=1S/C15H22N4S/c1-4-9-19-15(17-11-18-19)10-13(16-2)12-7-5-6-8-14(12)20-3/h5-8,11,13,16H,4,9-10H2,1-3H3. The monoisotopic (exact) mass is 290 g/mol. The third-order valence-electron chi connectivity index (χ3n) is 3.38. The second-order valence-electron chi connectivity index (χ2n) is 4.69. The first-order valence-corrected chi connectivity index (χ1v) is 8.19. The van der Waals surface area contributed by atoms with E-state index in [1.165, 1.54) is 10.5 Å². The molecular weight excluding hydrogens is 268 g/mol. The van der Waals surface area contributed by atoms with Gasteiger partial charge in [0.15, 0.2) is 0 Å². The van der Waals surface area contributed by atoms with Crippen molar-refractivity contribution in [3.05, 3.63) is 42.0 Å². The average molecular weight is 290 g/mol. The van der Waals surface area contributed by atoms with E-state index >= 15 is 0 Å². The third-order valence-corrected chi connectivity index (χ3v) is 4.19. The van der Waals surface area contributed by atoms with Gasteiger partial charge in [0.25, 0.3) is 0 Å². The molecule has 0 fully saturated rings. The SMILES string of the molecule is CCCn1ncnc1CC(NC)c1ccccc1SC. The highest BCUT2D eigenvalue weighted by atomic mass is 32.2. The molecule has 0 saturated carbocycles. The molecule has 2 rings (SSSR count). The minimum absolute atomic E-state index is 0.262. The highest BCUT2D eigenvalue weighted by molar-refractivity contribution is 7.98. The van der Waals surface area contributed by atoms with Crippen LogP contribution in [0.3, 0.4) is 0 Å². The minimum Gasteiger partial charge on any atom is -0.313 e. The molecule has 0 bridgehead atoms. The molecule has 0 aliphatic rings. The Balaban J connectivity index is 2.22. The number of benzene rings is 1. The summed E-state index contributed by atoms with van der Waals surface area (Å²) in [6, 6.07) is 8.80. The van der Waals surface area contributed by atoms with Gasteiger partial charge in [0.2, 0.25) is 0 Å². The van der Waals surface area contributed by atoms with Crippen LogP contribution in [0.1, 0.15) is 30.8 Å². The fraction of sp³-hybridized carbons (Fsp3) is 0.467. The lowest BCUT2D eigenvalue weighted by molar-refractivity contribution is 0.513. The number of nitrogens with one attached hydrogen (secondary N) is 1. The van der Waals surface area contributed by atoms with E-state index in [1.54, 1.807) is 18.1 Å². The van der Waals surface area contributed by atoms with Crippen LogP contribution in [-0.2, 0) is 13.0 Å². The van der Waals surface area contributed by atoms with Gasteiger partial charge in [-0.3, -0.25) is 4.68 Å². The van der Waals surface area contributed by atoms with Crippen LogP contribution in [0.5, 0.6) is 0 Å². The van der Waals surface area contributed by atoms with Crippen molar-refractivity contribution in [2.45, 2.75) is 37.2 Å². The second-order valence-corrected chi connectivity index (χ2v) is 5.53. The first-order valence-electron chi connectivity index (χ1n) is 6.97. The summed E-state index contributed by atoms with van der Waals surface area (Å²) in [5.74, 6) is 1.04. The fourth-order valence-corrected chi connectivity index (χ4v) is 3.01. The van der Waals surface area contributed by atoms with Crippen molar-refractivity contribution >= 4 is 11.8 Å². The number of likely N-dealkylation sites (N-methyl/N-ethyl adjacent to an activating group) is 1. The predicted molar refractivity (Wildman–Crippen MR) is 84.0 cm³/mol. The van der Waals surface area contributed by atoms with Crippen LogP contribution in [-0.4, -0.2) is 28.1 Å². The Morgan fingerprint density at radius 3 is 2.85 bits per heavy atom. The number of aryl methyl sites for hydroxylation is 1. The van der Waals surface area contributed by atoms with Crippen LogP contribution in [0.15, 0.2) is 35.5 Å². The molecule has 1 atom stereocenters. The van der Waals surface area contributed by atoms with Crippen molar-refractivity contribution in [1.82, 2.24) is 20.1 Å². The number of hydrogen-bond donors (Lipinski definition) is 1. The lowest BCUT2D eigenvalue weighted by Crippen LogP contribution is -2.21. The summed E-state index contributed by atoms with van der Waals surface area (Å²) < 4.78 is 2.01. The Bertz CT molecular complexity index is 538. The molecule has 1 aromatic heterocycles. The molecular formula is C15H22N4S. The lowest BCUT2D eigenvalue weighted by Gasteiger charge is -2.19. The average Bonchev–Trinajstić information content (AvgIpc) is 2.92. The zero-order valence-electron chi connectivity index (χ0n) is 12.3. The van der Waals surface area contributed by atoms with Crippen molar-refractivity contribution in [1.29, 1.82) is 0 Å². The summed E-state index contributed by atoms with van der Waals surface area (Å²) in [4.78, 5) is 5.72. The van der Waals surface area contributed by atoms with Crippen LogP contribution in [0.25, 0.3) is 0 Å². The minimum atomic E-state index is 0.262. The Morgan fingerprint density at radius 1 is 1.35 bits per heavy atom. The number of aromatic nitrogens is 3. The van der Waals surface area contributed by atoms with Crippen molar-refractivity contribution < 1.29 is 0 Å². The van der Waals surface area contributed by atoms with Gasteiger partial charge in [-0.15, -0.1) is 11.8 Å². The molecule has 1 unspecified atom stereocenters. The zero-order valence-corrected chi connectivity index (χ0v) is 13.2. The van der Waals surface area contributed by atoms with Gasteiger partial charge in [-0.25, -0.2) is 4.98 Å². The van der Waals surface area contributed by atoms with Gasteiger partial charge in [0.1, 0.15) is 12.2 Å². The van der Waals surface area contributed by atoms with E-state index in [4.69, 9.17) is 0 Å². The maximum absolute atomic E-state index is 4.41. The molecule has 0 radical (unpaired) electrons. The van der Waals surface area contributed by atoms with Crippen LogP contribution in [0, 0.1) is 0 Å². The molecule has 108 valence electrons. The second kappa shape index (κ2) is 7.45. The molecule has 20 heavy (non-hydrogen) atoms. The van der Waals surface area contributed by atoms with Crippen LogP contribution in [0.4, 0.5) is 0 Å². The molecule has 1 aromatic carbocycles. The van der Waals surface area contributed by atoms with E-state index in [2.05, 4.69) is 52.8 Å². The Morgan fingerprint density at radius 2 is 2.15 bits per heavy atom. The van der Waals surface area contributed by atoms with Crippen LogP contribution in [0.2, 0.25) is 0 Å². The summed E-state index contributed by atoms with van der Waals surface area (Å²) in [5.41, 5.74) is 1.33. The molecule has 4 nitrogen and oxygen atoms in total. The number of thioether (sulfide) groups is 1. The van der Waals surface area contributed by atoms with E-state index in [-0.39, 0.29) is 6.04 Å². The van der Waals surface area contributed by atoms with Crippen molar-refractivity contribution in [2.24, 2.45) is 0 Å². The van der Waals surface area contributed by atoms with Crippen LogP contribution < -0.4 is 5.32 Å². The molecule has 0 amide bonds. The lowest BCUT2D eigenvalue weighted by atomic mass is 10.0. The molecule has 1 N–H and O–H groups in total. The highest BCUT2D eigenvalue weighted by Crippen LogP contribution is 2.27. The maximum atomic E-state index is 4.41. The Labute approximate surface area is 125 Å². The normalized spacial score (nSPS) is 12.6. The molecule has 0 saturated heterocycles. The first-order chi connectivity index (χ1) is 9.80. The molecule has 5 heteroatoms. The first kappa shape index (κ1) is 15.1. The number of nitrogens with zero attached hydrogens (tertiary/aromatic N) is 3. The molecule has 0 aliphatic carbocycles. The summed E-state index contributed by atoms with van der Waals surface area (Å²) in [5, 5.41) is 7.71. The van der Waals surface area contributed by atoms with Gasteiger partial charge in [-0.1, -0.05) is 25.1 Å². The summed E-state index contributed by atoms with van der Waals surface area (Å²) >= 11 is 1.78. The molecule has 0 aliphatic heterocycles. The van der Waals surface area contributed by atoms with E-state index < -0.39 is 0 Å². The molecule has 0 spiro atoms. The van der Waals surface area contributed by atoms with Gasteiger partial charge in [0.05, 0.1) is 0 Å². The Hall–Kier alpha value is -1.33. The Kier molecular flexibility index (Phi) is 5.61. The van der Waals surface area contributed by atoms with E-state index in [0.29, 0.717) is 0 Å².